The number of nitrogens with one attached hydrogen (secondary N) is 2. The standard InChI is InChI=1S/C18H29N3O2.C2H2O4/c1-2-23-14-8-11-19-15-18(22)20-16-9-4-5-10-17(16)21-12-6-3-7-13-21;3-1(4)2(5)6/h4-5,9-10,19H,2-3,6-8,11-15H2,1H3,(H,20,22);(H,3,4)(H,5,6). The summed E-state index contributed by atoms with van der Waals surface area (Å²) in [4.78, 5) is 32.7. The summed E-state index contributed by atoms with van der Waals surface area (Å²) in [6, 6.07) is 8.08. The zero-order valence-corrected chi connectivity index (χ0v) is 16.9. The second kappa shape index (κ2) is 14.4. The van der Waals surface area contributed by atoms with Gasteiger partial charge in [0.15, 0.2) is 0 Å². The van der Waals surface area contributed by atoms with Crippen molar-refractivity contribution in [1.29, 1.82) is 0 Å². The largest absolute Gasteiger partial charge is 0.473 e. The van der Waals surface area contributed by atoms with Crippen molar-refractivity contribution >= 4 is 29.2 Å². The number of hydrogen-bond acceptors (Lipinski definition) is 6. The van der Waals surface area contributed by atoms with Gasteiger partial charge in [-0.25, -0.2) is 9.59 Å². The maximum Gasteiger partial charge on any atom is 0.414 e. The second-order valence-corrected chi connectivity index (χ2v) is 6.45. The molecule has 1 aliphatic rings. The van der Waals surface area contributed by atoms with Crippen LogP contribution in [0.4, 0.5) is 11.4 Å². The molecule has 0 saturated carbocycles. The molecule has 1 heterocycles. The highest BCUT2D eigenvalue weighted by molar-refractivity contribution is 6.27. The molecule has 9 heteroatoms. The predicted molar refractivity (Wildman–Crippen MR) is 110 cm³/mol. The molecule has 1 aliphatic heterocycles. The van der Waals surface area contributed by atoms with Crippen LogP contribution in [0.1, 0.15) is 32.6 Å². The van der Waals surface area contributed by atoms with Gasteiger partial charge < -0.3 is 30.5 Å². The van der Waals surface area contributed by atoms with Crippen LogP contribution >= 0.6 is 0 Å². The summed E-state index contributed by atoms with van der Waals surface area (Å²) in [6.07, 6.45) is 4.68. The van der Waals surface area contributed by atoms with Gasteiger partial charge in [-0.15, -0.1) is 0 Å². The van der Waals surface area contributed by atoms with E-state index in [0.29, 0.717) is 6.54 Å². The number of anilines is 2. The fourth-order valence-electron chi connectivity index (χ4n) is 2.83. The van der Waals surface area contributed by atoms with Crippen LogP contribution in [0.3, 0.4) is 0 Å². The summed E-state index contributed by atoms with van der Waals surface area (Å²) in [6.45, 7) is 6.74. The second-order valence-electron chi connectivity index (χ2n) is 6.45. The third-order valence-corrected chi connectivity index (χ3v) is 4.19. The Hall–Kier alpha value is -2.65. The predicted octanol–water partition coefficient (Wildman–Crippen LogP) is 1.79. The lowest BCUT2D eigenvalue weighted by atomic mass is 10.1. The van der Waals surface area contributed by atoms with Crippen molar-refractivity contribution in [2.24, 2.45) is 0 Å². The lowest BCUT2D eigenvalue weighted by Crippen LogP contribution is -2.32. The Morgan fingerprint density at radius 3 is 2.34 bits per heavy atom. The molecule has 0 bridgehead atoms. The molecule has 1 aromatic rings. The molecule has 29 heavy (non-hydrogen) atoms. The lowest BCUT2D eigenvalue weighted by molar-refractivity contribution is -0.159. The van der Waals surface area contributed by atoms with Crippen molar-refractivity contribution in [2.45, 2.75) is 32.6 Å². The molecule has 1 saturated heterocycles. The van der Waals surface area contributed by atoms with Crippen molar-refractivity contribution in [3.8, 4) is 0 Å². The Morgan fingerprint density at radius 2 is 1.72 bits per heavy atom. The highest BCUT2D eigenvalue weighted by Gasteiger charge is 2.15. The van der Waals surface area contributed by atoms with Crippen LogP contribution in [0.2, 0.25) is 0 Å². The topological polar surface area (TPSA) is 128 Å². The van der Waals surface area contributed by atoms with Gasteiger partial charge >= 0.3 is 11.9 Å². The molecule has 1 amide bonds. The molecular formula is C20H31N3O6. The Balaban J connectivity index is 0.000000612. The lowest BCUT2D eigenvalue weighted by Gasteiger charge is -2.30. The van der Waals surface area contributed by atoms with Gasteiger partial charge in [0.2, 0.25) is 5.91 Å². The molecule has 4 N–H and O–H groups in total. The van der Waals surface area contributed by atoms with E-state index in [1.54, 1.807) is 0 Å². The maximum atomic E-state index is 12.1. The molecule has 0 aromatic heterocycles. The van der Waals surface area contributed by atoms with Gasteiger partial charge in [-0.05, 0) is 51.3 Å². The number of nitrogens with zero attached hydrogens (tertiary/aromatic N) is 1. The smallest absolute Gasteiger partial charge is 0.414 e. The fourth-order valence-corrected chi connectivity index (χ4v) is 2.83. The van der Waals surface area contributed by atoms with Crippen LogP contribution in [-0.4, -0.2) is 67.5 Å². The number of para-hydroxylation sites is 2. The molecule has 1 aromatic carbocycles. The number of piperidine rings is 1. The van der Waals surface area contributed by atoms with Crippen LogP contribution in [0.15, 0.2) is 24.3 Å². The number of carboxylic acid groups (broad SMARTS) is 2. The van der Waals surface area contributed by atoms with Crippen LogP contribution < -0.4 is 15.5 Å². The summed E-state index contributed by atoms with van der Waals surface area (Å²) in [5.74, 6) is -3.64. The summed E-state index contributed by atoms with van der Waals surface area (Å²) < 4.78 is 5.27. The van der Waals surface area contributed by atoms with Gasteiger partial charge in [0.1, 0.15) is 0 Å². The van der Waals surface area contributed by atoms with E-state index >= 15 is 0 Å². The Bertz CT molecular complexity index is 635. The van der Waals surface area contributed by atoms with E-state index in [1.165, 1.54) is 19.3 Å². The third kappa shape index (κ3) is 10.5. The molecule has 0 unspecified atom stereocenters. The summed E-state index contributed by atoms with van der Waals surface area (Å²) >= 11 is 0. The molecule has 9 nitrogen and oxygen atoms in total. The molecule has 2 rings (SSSR count). The van der Waals surface area contributed by atoms with E-state index in [1.807, 2.05) is 25.1 Å². The highest BCUT2D eigenvalue weighted by Crippen LogP contribution is 2.28. The highest BCUT2D eigenvalue weighted by atomic mass is 16.5. The first kappa shape index (κ1) is 24.4. The van der Waals surface area contributed by atoms with E-state index in [-0.39, 0.29) is 5.91 Å². The molecule has 0 atom stereocenters. The minimum Gasteiger partial charge on any atom is -0.473 e. The summed E-state index contributed by atoms with van der Waals surface area (Å²) in [5, 5.41) is 21.0. The summed E-state index contributed by atoms with van der Waals surface area (Å²) in [5.41, 5.74) is 2.05. The van der Waals surface area contributed by atoms with Crippen molar-refractivity contribution < 1.29 is 29.3 Å². The van der Waals surface area contributed by atoms with Crippen LogP contribution in [0.5, 0.6) is 0 Å². The van der Waals surface area contributed by atoms with Gasteiger partial charge in [0, 0.05) is 26.3 Å². The van der Waals surface area contributed by atoms with Crippen molar-refractivity contribution in [1.82, 2.24) is 5.32 Å². The fraction of sp³-hybridized carbons (Fsp3) is 0.550. The van der Waals surface area contributed by atoms with Gasteiger partial charge in [-0.1, -0.05) is 12.1 Å². The third-order valence-electron chi connectivity index (χ3n) is 4.19. The van der Waals surface area contributed by atoms with Crippen LogP contribution in [-0.2, 0) is 19.1 Å². The first-order valence-corrected chi connectivity index (χ1v) is 9.84. The Morgan fingerprint density at radius 1 is 1.07 bits per heavy atom. The molecule has 0 spiro atoms. The monoisotopic (exact) mass is 409 g/mol. The van der Waals surface area contributed by atoms with E-state index in [0.717, 1.165) is 50.6 Å². The zero-order valence-electron chi connectivity index (χ0n) is 16.9. The molecule has 0 aliphatic carbocycles. The average molecular weight is 409 g/mol. The number of carbonyl (C=O) groups is 3. The Kier molecular flexibility index (Phi) is 12.1. The quantitative estimate of drug-likeness (QED) is 0.359. The van der Waals surface area contributed by atoms with Gasteiger partial charge in [-0.3, -0.25) is 4.79 Å². The first-order valence-electron chi connectivity index (χ1n) is 9.84. The minimum absolute atomic E-state index is 0.00543. The number of hydrogen-bond donors (Lipinski definition) is 4. The van der Waals surface area contributed by atoms with Crippen LogP contribution in [0, 0.1) is 0 Å². The number of rotatable bonds is 9. The number of carbonyl (C=O) groups excluding carboxylic acids is 1. The van der Waals surface area contributed by atoms with Crippen molar-refractivity contribution in [3.05, 3.63) is 24.3 Å². The minimum atomic E-state index is -1.82. The maximum absolute atomic E-state index is 12.1. The van der Waals surface area contributed by atoms with Gasteiger partial charge in [0.25, 0.3) is 0 Å². The number of ether oxygens (including phenoxy) is 1. The van der Waals surface area contributed by atoms with E-state index in [2.05, 4.69) is 21.6 Å². The molecule has 162 valence electrons. The first-order chi connectivity index (χ1) is 14.0. The normalized spacial score (nSPS) is 13.2. The van der Waals surface area contributed by atoms with E-state index in [9.17, 15) is 4.79 Å². The molecule has 1 fully saturated rings. The number of benzene rings is 1. The van der Waals surface area contributed by atoms with Gasteiger partial charge in [-0.2, -0.15) is 0 Å². The average Bonchev–Trinajstić information content (AvgIpc) is 2.72. The zero-order chi connectivity index (χ0) is 21.5. The summed E-state index contributed by atoms with van der Waals surface area (Å²) in [7, 11) is 0. The number of carboxylic acids is 2. The van der Waals surface area contributed by atoms with E-state index < -0.39 is 11.9 Å². The van der Waals surface area contributed by atoms with Crippen LogP contribution in [0.25, 0.3) is 0 Å². The van der Waals surface area contributed by atoms with Crippen molar-refractivity contribution in [2.75, 3.05) is 49.6 Å². The Labute approximate surface area is 171 Å². The van der Waals surface area contributed by atoms with Gasteiger partial charge in [0.05, 0.1) is 17.9 Å². The number of aliphatic carboxylic acids is 2. The van der Waals surface area contributed by atoms with E-state index in [4.69, 9.17) is 24.5 Å². The SMILES string of the molecule is CCOCCCNCC(=O)Nc1ccccc1N1CCCCC1.O=C(O)C(=O)O. The molecular weight excluding hydrogens is 378 g/mol. The number of amides is 1. The molecule has 0 radical (unpaired) electrons. The van der Waals surface area contributed by atoms with Crippen molar-refractivity contribution in [3.63, 3.8) is 0 Å².